The molecule has 4 rings (SSSR count). The number of nitrogens with zero attached hydrogens (tertiary/aromatic N) is 5. The monoisotopic (exact) mass is 549 g/mol. The van der Waals surface area contributed by atoms with E-state index in [-0.39, 0.29) is 24.0 Å². The average Bonchev–Trinajstić information content (AvgIpc) is 3.28. The molecule has 174 valence electrons. The number of nitrogens with one attached hydrogen (secondary N) is 2. The third-order valence-corrected chi connectivity index (χ3v) is 6.05. The summed E-state index contributed by atoms with van der Waals surface area (Å²) < 4.78 is 0. The van der Waals surface area contributed by atoms with E-state index in [4.69, 9.17) is 4.99 Å². The smallest absolute Gasteiger partial charge is 0.191 e. The quantitative estimate of drug-likeness (QED) is 0.329. The van der Waals surface area contributed by atoms with Gasteiger partial charge in [-0.1, -0.05) is 24.3 Å². The van der Waals surface area contributed by atoms with Gasteiger partial charge in [0.25, 0.3) is 0 Å². The van der Waals surface area contributed by atoms with Crippen molar-refractivity contribution in [3.63, 3.8) is 0 Å². The molecule has 0 aliphatic carbocycles. The molecule has 0 saturated carbocycles. The van der Waals surface area contributed by atoms with Gasteiger partial charge in [-0.15, -0.1) is 24.0 Å². The third-order valence-electron chi connectivity index (χ3n) is 6.05. The van der Waals surface area contributed by atoms with E-state index in [9.17, 15) is 0 Å². The summed E-state index contributed by atoms with van der Waals surface area (Å²) in [6, 6.07) is 15.3. The first-order valence-corrected chi connectivity index (χ1v) is 11.4. The molecule has 0 spiro atoms. The van der Waals surface area contributed by atoms with Crippen molar-refractivity contribution in [1.82, 2.24) is 20.5 Å². The van der Waals surface area contributed by atoms with Crippen molar-refractivity contribution in [2.45, 2.75) is 25.9 Å². The third kappa shape index (κ3) is 6.71. The van der Waals surface area contributed by atoms with Crippen molar-refractivity contribution >= 4 is 41.4 Å². The van der Waals surface area contributed by atoms with Crippen LogP contribution in [0.2, 0.25) is 0 Å². The molecule has 32 heavy (non-hydrogen) atoms. The van der Waals surface area contributed by atoms with Gasteiger partial charge in [0.05, 0.1) is 6.54 Å². The highest BCUT2D eigenvalue weighted by Crippen LogP contribution is 2.19. The van der Waals surface area contributed by atoms with Gasteiger partial charge in [-0.3, -0.25) is 0 Å². The highest BCUT2D eigenvalue weighted by atomic mass is 127. The van der Waals surface area contributed by atoms with Crippen LogP contribution in [0.1, 0.15) is 18.9 Å². The highest BCUT2D eigenvalue weighted by Gasteiger charge is 2.23. The summed E-state index contributed by atoms with van der Waals surface area (Å²) in [4.78, 5) is 16.7. The van der Waals surface area contributed by atoms with E-state index in [2.05, 4.69) is 86.8 Å². The Bertz CT molecular complexity index is 835. The number of rotatable bonds is 6. The van der Waals surface area contributed by atoms with Crippen molar-refractivity contribution in [2.75, 3.05) is 62.7 Å². The second-order valence-electron chi connectivity index (χ2n) is 8.42. The van der Waals surface area contributed by atoms with Crippen LogP contribution < -0.4 is 20.4 Å². The van der Waals surface area contributed by atoms with Gasteiger partial charge < -0.3 is 25.3 Å². The minimum Gasteiger partial charge on any atom is -0.369 e. The lowest BCUT2D eigenvalue weighted by Gasteiger charge is -2.33. The van der Waals surface area contributed by atoms with Crippen LogP contribution in [0.4, 0.5) is 11.5 Å². The predicted octanol–water partition coefficient (Wildman–Crippen LogP) is 2.79. The van der Waals surface area contributed by atoms with Gasteiger partial charge in [0, 0.05) is 63.7 Å². The zero-order valence-electron chi connectivity index (χ0n) is 19.2. The standard InChI is InChI=1S/C24H35N7.HI/c1-3-25-24(28-21-11-12-31(19-21)22-7-5-4-6-8-22)27-18-20-9-10-23(26-17-20)30-15-13-29(2)14-16-30;/h4-10,17,21H,3,11-16,18-19H2,1-2H3,(H2,25,27,28);1H. The van der Waals surface area contributed by atoms with Gasteiger partial charge in [0.2, 0.25) is 0 Å². The molecule has 0 radical (unpaired) electrons. The first-order chi connectivity index (χ1) is 15.2. The molecule has 2 aliphatic heterocycles. The lowest BCUT2D eigenvalue weighted by atomic mass is 10.2. The molecule has 3 heterocycles. The van der Waals surface area contributed by atoms with E-state index in [0.29, 0.717) is 12.6 Å². The average molecular weight is 550 g/mol. The summed E-state index contributed by atoms with van der Waals surface area (Å²) in [6.45, 7) is 9.90. The van der Waals surface area contributed by atoms with Crippen LogP contribution in [0, 0.1) is 0 Å². The Hall–Kier alpha value is -2.07. The van der Waals surface area contributed by atoms with Crippen molar-refractivity contribution in [3.8, 4) is 0 Å². The number of hydrogen-bond acceptors (Lipinski definition) is 5. The molecule has 2 fully saturated rings. The molecule has 8 heteroatoms. The number of hydrogen-bond donors (Lipinski definition) is 2. The molecule has 7 nitrogen and oxygen atoms in total. The zero-order chi connectivity index (χ0) is 21.5. The van der Waals surface area contributed by atoms with Crippen LogP contribution in [0.25, 0.3) is 0 Å². The fourth-order valence-electron chi connectivity index (χ4n) is 4.17. The Kier molecular flexibility index (Phi) is 9.40. The van der Waals surface area contributed by atoms with E-state index in [1.54, 1.807) is 0 Å². The van der Waals surface area contributed by atoms with Gasteiger partial charge in [-0.25, -0.2) is 9.98 Å². The number of benzene rings is 1. The van der Waals surface area contributed by atoms with Crippen molar-refractivity contribution in [1.29, 1.82) is 0 Å². The number of para-hydroxylation sites is 1. The van der Waals surface area contributed by atoms with Crippen molar-refractivity contribution in [2.24, 2.45) is 4.99 Å². The van der Waals surface area contributed by atoms with Crippen LogP contribution in [0.5, 0.6) is 0 Å². The number of piperazine rings is 1. The normalized spacial score (nSPS) is 19.6. The fraction of sp³-hybridized carbons (Fsp3) is 0.500. The lowest BCUT2D eigenvalue weighted by molar-refractivity contribution is 0.312. The number of anilines is 2. The SMILES string of the molecule is CCNC(=NCc1ccc(N2CCN(C)CC2)nc1)NC1CCN(c2ccccc2)C1.I. The molecule has 2 aromatic rings. The van der Waals surface area contributed by atoms with E-state index in [1.807, 2.05) is 6.20 Å². The van der Waals surface area contributed by atoms with Crippen LogP contribution in [0.3, 0.4) is 0 Å². The molecule has 0 amide bonds. The molecular formula is C24H36IN7. The summed E-state index contributed by atoms with van der Waals surface area (Å²) in [5, 5.41) is 7.01. The first kappa shape index (κ1) is 24.6. The summed E-state index contributed by atoms with van der Waals surface area (Å²) in [7, 11) is 2.17. The fourth-order valence-corrected chi connectivity index (χ4v) is 4.17. The number of likely N-dealkylation sites (N-methyl/N-ethyl adjacent to an activating group) is 1. The predicted molar refractivity (Wildman–Crippen MR) is 144 cm³/mol. The van der Waals surface area contributed by atoms with Gasteiger partial charge in [0.1, 0.15) is 5.82 Å². The van der Waals surface area contributed by atoms with E-state index in [1.165, 1.54) is 5.69 Å². The van der Waals surface area contributed by atoms with Crippen LogP contribution >= 0.6 is 24.0 Å². The lowest BCUT2D eigenvalue weighted by Crippen LogP contribution is -2.44. The summed E-state index contributed by atoms with van der Waals surface area (Å²) >= 11 is 0. The molecule has 1 aromatic heterocycles. The van der Waals surface area contributed by atoms with Crippen LogP contribution in [-0.4, -0.2) is 74.7 Å². The topological polar surface area (TPSA) is 59.0 Å². The second-order valence-corrected chi connectivity index (χ2v) is 8.42. The second kappa shape index (κ2) is 12.2. The van der Waals surface area contributed by atoms with E-state index >= 15 is 0 Å². The van der Waals surface area contributed by atoms with Crippen molar-refractivity contribution in [3.05, 3.63) is 54.2 Å². The van der Waals surface area contributed by atoms with Gasteiger partial charge in [-0.05, 0) is 44.2 Å². The maximum absolute atomic E-state index is 4.81. The molecule has 1 aromatic carbocycles. The zero-order valence-corrected chi connectivity index (χ0v) is 21.5. The molecule has 2 aliphatic rings. The maximum atomic E-state index is 4.81. The number of pyridine rings is 1. The van der Waals surface area contributed by atoms with Crippen LogP contribution in [0.15, 0.2) is 53.7 Å². The van der Waals surface area contributed by atoms with Gasteiger partial charge >= 0.3 is 0 Å². The summed E-state index contributed by atoms with van der Waals surface area (Å²) in [6.07, 6.45) is 3.08. The Morgan fingerprint density at radius 3 is 2.50 bits per heavy atom. The number of guanidine groups is 1. The molecule has 1 atom stereocenters. The minimum absolute atomic E-state index is 0. The summed E-state index contributed by atoms with van der Waals surface area (Å²) in [5.41, 5.74) is 2.42. The van der Waals surface area contributed by atoms with E-state index in [0.717, 1.165) is 69.6 Å². The number of halogens is 1. The number of aromatic nitrogens is 1. The Balaban J connectivity index is 0.00000289. The first-order valence-electron chi connectivity index (χ1n) is 11.4. The van der Waals surface area contributed by atoms with Gasteiger partial charge in [-0.2, -0.15) is 0 Å². The highest BCUT2D eigenvalue weighted by molar-refractivity contribution is 14.0. The Morgan fingerprint density at radius 1 is 1.03 bits per heavy atom. The van der Waals surface area contributed by atoms with Crippen LogP contribution in [-0.2, 0) is 6.54 Å². The molecule has 1 unspecified atom stereocenters. The van der Waals surface area contributed by atoms with E-state index < -0.39 is 0 Å². The molecule has 2 N–H and O–H groups in total. The largest absolute Gasteiger partial charge is 0.369 e. The maximum Gasteiger partial charge on any atom is 0.191 e. The molecule has 2 saturated heterocycles. The summed E-state index contributed by atoms with van der Waals surface area (Å²) in [5.74, 6) is 1.95. The Labute approximate surface area is 209 Å². The number of aliphatic imine (C=N–C) groups is 1. The van der Waals surface area contributed by atoms with Gasteiger partial charge in [0.15, 0.2) is 5.96 Å². The Morgan fingerprint density at radius 2 is 1.81 bits per heavy atom. The minimum atomic E-state index is 0. The molecular weight excluding hydrogens is 513 g/mol. The van der Waals surface area contributed by atoms with Crippen molar-refractivity contribution < 1.29 is 0 Å². The molecule has 0 bridgehead atoms.